The number of hydrogen-bond acceptors (Lipinski definition) is 5. The van der Waals surface area contributed by atoms with Gasteiger partial charge >= 0.3 is 0 Å². The number of halogens is 3. The van der Waals surface area contributed by atoms with Crippen molar-refractivity contribution >= 4 is 69.8 Å². The van der Waals surface area contributed by atoms with E-state index in [0.717, 1.165) is 0 Å². The molecule has 1 N–H and O–H groups in total. The number of aromatic nitrogens is 2. The first-order valence-electron chi connectivity index (χ1n) is 8.96. The maximum absolute atomic E-state index is 12.9. The number of anilines is 1. The summed E-state index contributed by atoms with van der Waals surface area (Å²) in [5.74, 6) is 0.983. The second-order valence-electron chi connectivity index (χ2n) is 6.69. The van der Waals surface area contributed by atoms with Crippen molar-refractivity contribution < 1.29 is 13.9 Å². The molecule has 0 atom stereocenters. The van der Waals surface area contributed by atoms with Crippen LogP contribution in [0.15, 0.2) is 40.6 Å². The van der Waals surface area contributed by atoms with Gasteiger partial charge < -0.3 is 14.5 Å². The minimum Gasteiger partial charge on any atom is -0.483 e. The van der Waals surface area contributed by atoms with Gasteiger partial charge in [0.2, 0.25) is 0 Å². The molecule has 0 aliphatic carbocycles. The van der Waals surface area contributed by atoms with E-state index in [0.29, 0.717) is 49.4 Å². The van der Waals surface area contributed by atoms with Gasteiger partial charge in [-0.3, -0.25) is 9.48 Å². The summed E-state index contributed by atoms with van der Waals surface area (Å²) in [7, 11) is 1.78. The number of thiocarbonyl (C=S) groups is 1. The molecule has 1 saturated heterocycles. The van der Waals surface area contributed by atoms with Gasteiger partial charge in [-0.2, -0.15) is 5.10 Å². The first kappa shape index (κ1) is 21.7. The Morgan fingerprint density at radius 2 is 1.97 bits per heavy atom. The molecule has 0 saturated carbocycles. The molecule has 0 bridgehead atoms. The third kappa shape index (κ3) is 4.43. The predicted molar refractivity (Wildman–Crippen MR) is 124 cm³/mol. The smallest absolute Gasteiger partial charge is 0.281 e. The van der Waals surface area contributed by atoms with Crippen molar-refractivity contribution in [2.75, 3.05) is 4.90 Å². The standard InChI is InChI=1S/C20H15Cl3N4O3S/c1-10-17(8-26(2)25-10)27-19(28)16(24-20(27)31)7-12-3-4-13(30-12)9-29-18-14(22)5-11(21)6-15(18)23/h3-8H,9H2,1-2H3,(H,24,31)/b16-7+. The highest BCUT2D eigenvalue weighted by molar-refractivity contribution is 7.80. The number of hydrogen-bond donors (Lipinski definition) is 1. The van der Waals surface area contributed by atoms with Crippen LogP contribution in [0.4, 0.5) is 5.69 Å². The maximum Gasteiger partial charge on any atom is 0.281 e. The number of amides is 1. The molecule has 3 heterocycles. The zero-order valence-corrected chi connectivity index (χ0v) is 19.4. The van der Waals surface area contributed by atoms with E-state index in [2.05, 4.69) is 10.4 Å². The summed E-state index contributed by atoms with van der Waals surface area (Å²) < 4.78 is 13.0. The van der Waals surface area contributed by atoms with Crippen molar-refractivity contribution in [1.29, 1.82) is 0 Å². The zero-order chi connectivity index (χ0) is 22.3. The largest absolute Gasteiger partial charge is 0.483 e. The zero-order valence-electron chi connectivity index (χ0n) is 16.3. The average Bonchev–Trinajstić information content (AvgIpc) is 3.33. The molecule has 0 radical (unpaired) electrons. The molecule has 2 aromatic heterocycles. The molecule has 31 heavy (non-hydrogen) atoms. The van der Waals surface area contributed by atoms with E-state index in [9.17, 15) is 4.79 Å². The summed E-state index contributed by atoms with van der Waals surface area (Å²) in [6, 6.07) is 6.52. The molecular weight excluding hydrogens is 483 g/mol. The summed E-state index contributed by atoms with van der Waals surface area (Å²) in [6.45, 7) is 1.90. The first-order chi connectivity index (χ1) is 14.7. The summed E-state index contributed by atoms with van der Waals surface area (Å²) in [4.78, 5) is 14.3. The lowest BCUT2D eigenvalue weighted by molar-refractivity contribution is -0.113. The molecule has 1 aliphatic heterocycles. The number of nitrogens with one attached hydrogen (secondary N) is 1. The van der Waals surface area contributed by atoms with E-state index < -0.39 is 0 Å². The predicted octanol–water partition coefficient (Wildman–Crippen LogP) is 5.12. The van der Waals surface area contributed by atoms with Crippen molar-refractivity contribution in [2.45, 2.75) is 13.5 Å². The van der Waals surface area contributed by atoms with Crippen molar-refractivity contribution in [3.05, 3.63) is 68.4 Å². The van der Waals surface area contributed by atoms with Crippen LogP contribution in [0, 0.1) is 6.92 Å². The molecule has 3 aromatic rings. The Morgan fingerprint density at radius 3 is 2.61 bits per heavy atom. The van der Waals surface area contributed by atoms with E-state index in [1.807, 2.05) is 6.92 Å². The van der Waals surface area contributed by atoms with E-state index in [1.54, 1.807) is 36.1 Å². The number of rotatable bonds is 5. The molecule has 160 valence electrons. The highest BCUT2D eigenvalue weighted by Crippen LogP contribution is 2.36. The van der Waals surface area contributed by atoms with Crippen LogP contribution in [0.2, 0.25) is 15.1 Å². The topological polar surface area (TPSA) is 72.5 Å². The lowest BCUT2D eigenvalue weighted by Gasteiger charge is -2.11. The highest BCUT2D eigenvalue weighted by atomic mass is 35.5. The molecule has 1 fully saturated rings. The van der Waals surface area contributed by atoms with Crippen LogP contribution in [-0.2, 0) is 18.4 Å². The van der Waals surface area contributed by atoms with Crippen molar-refractivity contribution in [3.63, 3.8) is 0 Å². The van der Waals surface area contributed by atoms with Crippen molar-refractivity contribution in [1.82, 2.24) is 15.1 Å². The fraction of sp³-hybridized carbons (Fsp3) is 0.150. The summed E-state index contributed by atoms with van der Waals surface area (Å²) in [5, 5.41) is 8.46. The summed E-state index contributed by atoms with van der Waals surface area (Å²) in [5.41, 5.74) is 1.61. The van der Waals surface area contributed by atoms with Crippen LogP contribution >= 0.6 is 47.0 Å². The lowest BCUT2D eigenvalue weighted by atomic mass is 10.3. The minimum absolute atomic E-state index is 0.0883. The van der Waals surface area contributed by atoms with E-state index in [-0.39, 0.29) is 17.6 Å². The quantitative estimate of drug-likeness (QED) is 0.389. The molecule has 11 heteroatoms. The third-order valence-electron chi connectivity index (χ3n) is 4.40. The number of ether oxygens (including phenoxy) is 1. The second kappa shape index (κ2) is 8.55. The van der Waals surface area contributed by atoms with Crippen LogP contribution in [-0.4, -0.2) is 20.8 Å². The Hall–Kier alpha value is -2.52. The van der Waals surface area contributed by atoms with E-state index in [1.165, 1.54) is 17.0 Å². The summed E-state index contributed by atoms with van der Waals surface area (Å²) >= 11 is 23.5. The monoisotopic (exact) mass is 496 g/mol. The molecular formula is C20H15Cl3N4O3S. The number of carbonyl (C=O) groups excluding carboxylic acids is 1. The van der Waals surface area contributed by atoms with Gasteiger partial charge in [0, 0.05) is 24.3 Å². The lowest BCUT2D eigenvalue weighted by Crippen LogP contribution is -2.30. The van der Waals surface area contributed by atoms with E-state index >= 15 is 0 Å². The second-order valence-corrected chi connectivity index (χ2v) is 8.33. The number of nitrogens with zero attached hydrogens (tertiary/aromatic N) is 3. The van der Waals surface area contributed by atoms with Crippen LogP contribution in [0.1, 0.15) is 17.2 Å². The molecule has 1 aromatic carbocycles. The Labute approximate surface area is 198 Å². The van der Waals surface area contributed by atoms with Crippen molar-refractivity contribution in [3.8, 4) is 5.75 Å². The Bertz CT molecular complexity index is 1210. The van der Waals surface area contributed by atoms with Gasteiger partial charge in [-0.1, -0.05) is 34.8 Å². The SMILES string of the molecule is Cc1nn(C)cc1N1C(=O)/C(=C\c2ccc(COc3c(Cl)cc(Cl)cc3Cl)o2)NC1=S. The number of carbonyl (C=O) groups is 1. The van der Waals surface area contributed by atoms with Gasteiger partial charge in [0.05, 0.1) is 21.4 Å². The van der Waals surface area contributed by atoms with Crippen molar-refractivity contribution in [2.24, 2.45) is 7.05 Å². The molecule has 1 aliphatic rings. The summed E-state index contributed by atoms with van der Waals surface area (Å²) in [6.07, 6.45) is 3.31. The van der Waals surface area contributed by atoms with E-state index in [4.69, 9.17) is 56.2 Å². The number of furan rings is 1. The first-order valence-corrected chi connectivity index (χ1v) is 10.5. The molecule has 1 amide bonds. The molecule has 0 spiro atoms. The highest BCUT2D eigenvalue weighted by Gasteiger charge is 2.34. The average molecular weight is 498 g/mol. The minimum atomic E-state index is -0.296. The maximum atomic E-state index is 12.9. The van der Waals surface area contributed by atoms with Crippen LogP contribution < -0.4 is 15.0 Å². The molecule has 4 rings (SSSR count). The molecule has 0 unspecified atom stereocenters. The van der Waals surface area contributed by atoms with Gasteiger partial charge in [-0.25, -0.2) is 4.90 Å². The van der Waals surface area contributed by atoms with Crippen LogP contribution in [0.3, 0.4) is 0 Å². The van der Waals surface area contributed by atoms with Crippen LogP contribution in [0.25, 0.3) is 6.08 Å². The fourth-order valence-corrected chi connectivity index (χ4v) is 4.28. The molecule has 7 nitrogen and oxygen atoms in total. The number of benzene rings is 1. The van der Waals surface area contributed by atoms with Gasteiger partial charge in [-0.15, -0.1) is 0 Å². The third-order valence-corrected chi connectivity index (χ3v) is 5.46. The van der Waals surface area contributed by atoms with Gasteiger partial charge in [0.25, 0.3) is 5.91 Å². The Kier molecular flexibility index (Phi) is 5.98. The fourth-order valence-electron chi connectivity index (χ4n) is 3.06. The van der Waals surface area contributed by atoms with Crippen LogP contribution in [0.5, 0.6) is 5.75 Å². The van der Waals surface area contributed by atoms with Gasteiger partial charge in [-0.05, 0) is 43.4 Å². The normalized spacial score (nSPS) is 15.1. The Balaban J connectivity index is 1.49. The van der Waals surface area contributed by atoms with Gasteiger partial charge in [0.15, 0.2) is 10.9 Å². The number of aryl methyl sites for hydroxylation is 2. The van der Waals surface area contributed by atoms with Gasteiger partial charge in [0.1, 0.15) is 23.8 Å². The Morgan fingerprint density at radius 1 is 1.26 bits per heavy atom.